The average molecular weight is 495 g/mol. The number of carbonyl (C=O) groups excluding carboxylic acids is 1. The van der Waals surface area contributed by atoms with Crippen molar-refractivity contribution in [1.82, 2.24) is 20.5 Å². The van der Waals surface area contributed by atoms with Gasteiger partial charge in [0.2, 0.25) is 5.95 Å². The summed E-state index contributed by atoms with van der Waals surface area (Å²) in [4.78, 5) is 26.8. The summed E-state index contributed by atoms with van der Waals surface area (Å²) < 4.78 is 0. The van der Waals surface area contributed by atoms with Crippen molar-refractivity contribution < 1.29 is 4.79 Å². The predicted octanol–water partition coefficient (Wildman–Crippen LogP) is 3.75. The highest BCUT2D eigenvalue weighted by Gasteiger charge is 2.28. The van der Waals surface area contributed by atoms with E-state index in [9.17, 15) is 4.79 Å². The van der Waals surface area contributed by atoms with Crippen LogP contribution in [-0.4, -0.2) is 20.9 Å². The van der Waals surface area contributed by atoms with Crippen LogP contribution in [0.5, 0.6) is 0 Å². The average Bonchev–Trinajstić information content (AvgIpc) is 3.78. The smallest absolute Gasteiger partial charge is 0.255 e. The van der Waals surface area contributed by atoms with Gasteiger partial charge in [-0.25, -0.2) is 4.98 Å². The number of benzene rings is 3. The van der Waals surface area contributed by atoms with Crippen LogP contribution in [0.4, 0.5) is 17.3 Å². The first-order valence-electron chi connectivity index (χ1n) is 12.4. The van der Waals surface area contributed by atoms with E-state index >= 15 is 0 Å². The largest absolute Gasteiger partial charge is 0.397 e. The highest BCUT2D eigenvalue weighted by atomic mass is 16.1. The Bertz CT molecular complexity index is 1360. The van der Waals surface area contributed by atoms with Crippen LogP contribution >= 0.6 is 0 Å². The van der Waals surface area contributed by atoms with Gasteiger partial charge >= 0.3 is 0 Å². The molecule has 37 heavy (non-hydrogen) atoms. The number of nitrogen functional groups attached to an aromatic ring is 1. The van der Waals surface area contributed by atoms with Crippen molar-refractivity contribution in [3.8, 4) is 0 Å². The van der Waals surface area contributed by atoms with Gasteiger partial charge in [-0.2, -0.15) is 15.5 Å². The number of hydrazine groups is 2. The van der Waals surface area contributed by atoms with E-state index in [2.05, 4.69) is 23.0 Å². The number of para-hydroxylation sites is 2. The number of nitrogens with one attached hydrogen (secondary N) is 2. The maximum Gasteiger partial charge on any atom is 0.255 e. The molecule has 0 spiro atoms. The standard InChI is InChI=1S/C28H30N8O/c29-23-8-4-5-9-24(23)31-27(37)22-13-10-20(11-14-22)18-36(35-30)28-33-25(32-26(34-28)21-15-16-21)17-12-19-6-2-1-3-7-19/h1-11,13-14,21,35H,12,15-18,29-30H2,(H,31,37). The Morgan fingerprint density at radius 2 is 1.59 bits per heavy atom. The highest BCUT2D eigenvalue weighted by Crippen LogP contribution is 2.38. The summed E-state index contributed by atoms with van der Waals surface area (Å²) in [7, 11) is 0. The molecule has 1 heterocycles. The van der Waals surface area contributed by atoms with E-state index in [1.807, 2.05) is 42.5 Å². The molecule has 1 amide bonds. The number of carbonyl (C=O) groups is 1. The molecular weight excluding hydrogens is 464 g/mol. The number of amides is 1. The van der Waals surface area contributed by atoms with Crippen LogP contribution in [0.25, 0.3) is 0 Å². The van der Waals surface area contributed by atoms with Crippen LogP contribution in [0, 0.1) is 0 Å². The van der Waals surface area contributed by atoms with Gasteiger partial charge in [0.1, 0.15) is 11.6 Å². The molecule has 1 fully saturated rings. The van der Waals surface area contributed by atoms with Gasteiger partial charge in [0.25, 0.3) is 5.91 Å². The summed E-state index contributed by atoms with van der Waals surface area (Å²) >= 11 is 0. The Balaban J connectivity index is 1.29. The summed E-state index contributed by atoms with van der Waals surface area (Å²) in [5, 5.41) is 4.54. The van der Waals surface area contributed by atoms with E-state index < -0.39 is 0 Å². The van der Waals surface area contributed by atoms with Crippen LogP contribution in [0.3, 0.4) is 0 Å². The van der Waals surface area contributed by atoms with Crippen molar-refractivity contribution in [1.29, 1.82) is 0 Å². The SMILES string of the molecule is NNN(Cc1ccc(C(=O)Nc2ccccc2N)cc1)c1nc(CCc2ccccc2)nc(C2CC2)n1. The maximum atomic E-state index is 12.6. The fraction of sp³-hybridized carbons (Fsp3) is 0.214. The molecule has 4 aromatic rings. The molecule has 1 saturated carbocycles. The Morgan fingerprint density at radius 3 is 2.30 bits per heavy atom. The number of nitrogens with zero attached hydrogens (tertiary/aromatic N) is 4. The lowest BCUT2D eigenvalue weighted by Gasteiger charge is -2.22. The molecule has 3 aromatic carbocycles. The maximum absolute atomic E-state index is 12.6. The lowest BCUT2D eigenvalue weighted by molar-refractivity contribution is 0.102. The van der Waals surface area contributed by atoms with Crippen molar-refractivity contribution in [2.24, 2.45) is 5.84 Å². The fourth-order valence-corrected chi connectivity index (χ4v) is 4.01. The van der Waals surface area contributed by atoms with Crippen molar-refractivity contribution in [3.63, 3.8) is 0 Å². The molecule has 0 saturated heterocycles. The summed E-state index contributed by atoms with van der Waals surface area (Å²) in [6.45, 7) is 0.413. The zero-order chi connectivity index (χ0) is 25.6. The van der Waals surface area contributed by atoms with E-state index in [1.54, 1.807) is 29.3 Å². The molecule has 9 nitrogen and oxygen atoms in total. The monoisotopic (exact) mass is 494 g/mol. The quantitative estimate of drug-likeness (QED) is 0.149. The van der Waals surface area contributed by atoms with Gasteiger partial charge in [-0.3, -0.25) is 15.6 Å². The van der Waals surface area contributed by atoms with Gasteiger partial charge in [0, 0.05) is 17.9 Å². The molecule has 6 N–H and O–H groups in total. The highest BCUT2D eigenvalue weighted by molar-refractivity contribution is 6.05. The molecule has 5 rings (SSSR count). The molecule has 0 atom stereocenters. The third-order valence-corrected chi connectivity index (χ3v) is 6.27. The van der Waals surface area contributed by atoms with Crippen LogP contribution in [0.15, 0.2) is 78.9 Å². The third-order valence-electron chi connectivity index (χ3n) is 6.27. The number of aromatic nitrogens is 3. The van der Waals surface area contributed by atoms with E-state index in [0.717, 1.165) is 36.5 Å². The lowest BCUT2D eigenvalue weighted by atomic mass is 10.1. The first kappa shape index (κ1) is 24.4. The molecule has 0 radical (unpaired) electrons. The number of nitrogens with two attached hydrogens (primary N) is 2. The lowest BCUT2D eigenvalue weighted by Crippen LogP contribution is -2.44. The third kappa shape index (κ3) is 6.27. The number of aryl methyl sites for hydroxylation is 2. The number of hydrogen-bond donors (Lipinski definition) is 4. The zero-order valence-electron chi connectivity index (χ0n) is 20.5. The van der Waals surface area contributed by atoms with Crippen LogP contribution in [0.1, 0.15) is 51.9 Å². The van der Waals surface area contributed by atoms with Gasteiger partial charge in [0.05, 0.1) is 17.9 Å². The molecule has 1 aliphatic rings. The Hall–Kier alpha value is -4.34. The molecule has 9 heteroatoms. The van der Waals surface area contributed by atoms with Gasteiger partial charge < -0.3 is 11.1 Å². The molecule has 0 bridgehead atoms. The summed E-state index contributed by atoms with van der Waals surface area (Å²) in [5.41, 5.74) is 12.5. The number of hydrogen-bond acceptors (Lipinski definition) is 8. The second-order valence-electron chi connectivity index (χ2n) is 9.12. The first-order chi connectivity index (χ1) is 18.1. The molecule has 1 aliphatic carbocycles. The van der Waals surface area contributed by atoms with Crippen molar-refractivity contribution in [2.75, 3.05) is 16.1 Å². The first-order valence-corrected chi connectivity index (χ1v) is 12.4. The van der Waals surface area contributed by atoms with Crippen molar-refractivity contribution in [3.05, 3.63) is 107 Å². The van der Waals surface area contributed by atoms with E-state index in [0.29, 0.717) is 41.8 Å². The normalized spacial score (nSPS) is 12.8. The van der Waals surface area contributed by atoms with E-state index in [1.165, 1.54) is 5.56 Å². The number of anilines is 3. The van der Waals surface area contributed by atoms with Crippen molar-refractivity contribution in [2.45, 2.75) is 38.1 Å². The molecule has 0 unspecified atom stereocenters. The van der Waals surface area contributed by atoms with Gasteiger partial charge in [0.15, 0.2) is 0 Å². The minimum atomic E-state index is -0.229. The van der Waals surface area contributed by atoms with Crippen LogP contribution in [-0.2, 0) is 19.4 Å². The number of rotatable bonds is 10. The van der Waals surface area contributed by atoms with Gasteiger partial charge in [-0.15, -0.1) is 0 Å². The van der Waals surface area contributed by atoms with Gasteiger partial charge in [-0.05, 0) is 54.7 Å². The Labute approximate surface area is 215 Å². The van der Waals surface area contributed by atoms with Gasteiger partial charge in [-0.1, -0.05) is 54.6 Å². The summed E-state index contributed by atoms with van der Waals surface area (Å²) in [6, 6.07) is 24.8. The topological polar surface area (TPSA) is 135 Å². The van der Waals surface area contributed by atoms with Crippen LogP contribution in [0.2, 0.25) is 0 Å². The van der Waals surface area contributed by atoms with E-state index in [-0.39, 0.29) is 5.91 Å². The molecule has 1 aromatic heterocycles. The zero-order valence-corrected chi connectivity index (χ0v) is 20.5. The second-order valence-corrected chi connectivity index (χ2v) is 9.12. The summed E-state index contributed by atoms with van der Waals surface area (Å²) in [5.74, 6) is 8.10. The minimum absolute atomic E-state index is 0.229. The molecule has 0 aliphatic heterocycles. The summed E-state index contributed by atoms with van der Waals surface area (Å²) in [6.07, 6.45) is 3.75. The Morgan fingerprint density at radius 1 is 0.865 bits per heavy atom. The van der Waals surface area contributed by atoms with Crippen LogP contribution < -0.4 is 27.4 Å². The predicted molar refractivity (Wildman–Crippen MR) is 144 cm³/mol. The second kappa shape index (κ2) is 11.2. The fourth-order valence-electron chi connectivity index (χ4n) is 4.01. The molecular formula is C28H30N8O. The van der Waals surface area contributed by atoms with E-state index in [4.69, 9.17) is 26.5 Å². The Kier molecular flexibility index (Phi) is 7.34. The van der Waals surface area contributed by atoms with Crippen molar-refractivity contribution >= 4 is 23.2 Å². The minimum Gasteiger partial charge on any atom is -0.397 e. The molecule has 188 valence electrons.